The third kappa shape index (κ3) is 3.66. The summed E-state index contributed by atoms with van der Waals surface area (Å²) in [6, 6.07) is 11.4. The molecule has 0 fully saturated rings. The fourth-order valence-electron chi connectivity index (χ4n) is 3.41. The van der Waals surface area contributed by atoms with Crippen molar-refractivity contribution in [3.05, 3.63) is 83.7 Å². The van der Waals surface area contributed by atoms with Crippen molar-refractivity contribution >= 4 is 6.02 Å². The normalized spacial score (nSPS) is 18.2. The van der Waals surface area contributed by atoms with Crippen molar-refractivity contribution in [3.8, 4) is 16.9 Å². The molecule has 3 aromatic rings. The Labute approximate surface area is 168 Å². The molecule has 0 spiro atoms. The molecule has 2 aromatic carbocycles. The summed E-state index contributed by atoms with van der Waals surface area (Å²) in [4.78, 5) is 8.16. The van der Waals surface area contributed by atoms with Crippen molar-refractivity contribution in [2.75, 3.05) is 6.61 Å². The predicted molar refractivity (Wildman–Crippen MR) is 101 cm³/mol. The molecule has 2 heterocycles. The Morgan fingerprint density at radius 2 is 1.87 bits per heavy atom. The first-order chi connectivity index (χ1) is 14.4. The first kappa shape index (κ1) is 19.7. The van der Waals surface area contributed by atoms with Gasteiger partial charge in [0.1, 0.15) is 24.0 Å². The molecule has 1 aliphatic heterocycles. The average Bonchev–Trinajstić information content (AvgIpc) is 3.10. The number of benzene rings is 2. The number of aromatic nitrogens is 1. The Balaban J connectivity index is 1.82. The smallest absolute Gasteiger partial charge is 0.387 e. The number of alkyl halides is 2. The number of hydrogen-bond acceptors (Lipinski definition) is 5. The summed E-state index contributed by atoms with van der Waals surface area (Å²) in [5, 5.41) is 0. The van der Waals surface area contributed by atoms with Gasteiger partial charge in [-0.2, -0.15) is 8.78 Å². The highest BCUT2D eigenvalue weighted by Crippen LogP contribution is 2.41. The monoisotopic (exact) mass is 417 g/mol. The Hall–Kier alpha value is -3.62. The van der Waals surface area contributed by atoms with Crippen LogP contribution in [0.1, 0.15) is 11.1 Å². The number of amidine groups is 1. The third-order valence-electron chi connectivity index (χ3n) is 4.72. The highest BCUT2D eigenvalue weighted by atomic mass is 19.3. The Kier molecular flexibility index (Phi) is 5.03. The van der Waals surface area contributed by atoms with Crippen molar-refractivity contribution < 1.29 is 27.0 Å². The van der Waals surface area contributed by atoms with Crippen LogP contribution < -0.4 is 10.5 Å². The van der Waals surface area contributed by atoms with Gasteiger partial charge in [-0.25, -0.2) is 13.8 Å². The maximum atomic E-state index is 14.9. The quantitative estimate of drug-likeness (QED) is 0.632. The Bertz CT molecular complexity index is 1120. The van der Waals surface area contributed by atoms with Gasteiger partial charge in [0.25, 0.3) is 6.02 Å². The molecule has 2 N–H and O–H groups in total. The van der Waals surface area contributed by atoms with Crippen LogP contribution in [0.2, 0.25) is 0 Å². The molecule has 1 unspecified atom stereocenters. The highest BCUT2D eigenvalue weighted by Gasteiger charge is 2.42. The SMILES string of the molecule is NC1=NC(c2cccc(-c3cncc(F)c3)c2)(c2ccc(OC(F)F)cc2F)CO1. The second kappa shape index (κ2) is 7.66. The maximum Gasteiger partial charge on any atom is 0.387 e. The number of pyridine rings is 1. The van der Waals surface area contributed by atoms with Gasteiger partial charge in [0.2, 0.25) is 0 Å². The van der Waals surface area contributed by atoms with Gasteiger partial charge in [0, 0.05) is 23.4 Å². The van der Waals surface area contributed by atoms with Crippen LogP contribution in [0, 0.1) is 11.6 Å². The molecule has 0 bridgehead atoms. The largest absolute Gasteiger partial charge is 0.462 e. The average molecular weight is 417 g/mol. The number of aliphatic imine (C=N–C) groups is 1. The van der Waals surface area contributed by atoms with Gasteiger partial charge in [0.05, 0.1) is 6.20 Å². The molecular weight excluding hydrogens is 402 g/mol. The van der Waals surface area contributed by atoms with Crippen LogP contribution in [-0.2, 0) is 10.3 Å². The minimum Gasteiger partial charge on any atom is -0.462 e. The minimum absolute atomic E-state index is 0.0686. The molecule has 0 aliphatic carbocycles. The van der Waals surface area contributed by atoms with E-state index in [0.29, 0.717) is 16.7 Å². The van der Waals surface area contributed by atoms with E-state index in [-0.39, 0.29) is 23.9 Å². The van der Waals surface area contributed by atoms with Gasteiger partial charge in [-0.05, 0) is 35.4 Å². The summed E-state index contributed by atoms with van der Waals surface area (Å²) >= 11 is 0. The van der Waals surface area contributed by atoms with E-state index in [2.05, 4.69) is 14.7 Å². The molecular formula is C21H15F4N3O2. The molecule has 1 atom stereocenters. The fourth-order valence-corrected chi connectivity index (χ4v) is 3.41. The van der Waals surface area contributed by atoms with Crippen LogP contribution in [0.5, 0.6) is 5.75 Å². The molecule has 0 saturated heterocycles. The summed E-state index contributed by atoms with van der Waals surface area (Å²) in [5.74, 6) is -1.63. The first-order valence-corrected chi connectivity index (χ1v) is 8.82. The van der Waals surface area contributed by atoms with Crippen LogP contribution in [-0.4, -0.2) is 24.2 Å². The summed E-state index contributed by atoms with van der Waals surface area (Å²) in [6.07, 6.45) is 2.58. The lowest BCUT2D eigenvalue weighted by atomic mass is 9.83. The van der Waals surface area contributed by atoms with Crippen LogP contribution in [0.4, 0.5) is 17.6 Å². The molecule has 0 saturated carbocycles. The van der Waals surface area contributed by atoms with Gasteiger partial charge in [-0.1, -0.05) is 18.2 Å². The molecule has 1 aliphatic rings. The van der Waals surface area contributed by atoms with Crippen LogP contribution in [0.15, 0.2) is 65.9 Å². The van der Waals surface area contributed by atoms with E-state index in [0.717, 1.165) is 12.3 Å². The number of hydrogen-bond donors (Lipinski definition) is 1. The van der Waals surface area contributed by atoms with Crippen molar-refractivity contribution in [1.29, 1.82) is 0 Å². The molecule has 154 valence electrons. The molecule has 0 radical (unpaired) electrons. The maximum absolute atomic E-state index is 14.9. The van der Waals surface area contributed by atoms with E-state index in [1.54, 1.807) is 24.3 Å². The zero-order valence-electron chi connectivity index (χ0n) is 15.4. The van der Waals surface area contributed by atoms with Crippen molar-refractivity contribution in [2.24, 2.45) is 10.7 Å². The number of ether oxygens (including phenoxy) is 2. The van der Waals surface area contributed by atoms with E-state index < -0.39 is 23.8 Å². The zero-order valence-corrected chi connectivity index (χ0v) is 15.4. The molecule has 9 heteroatoms. The lowest BCUT2D eigenvalue weighted by molar-refractivity contribution is -0.0500. The standard InChI is InChI=1S/C21H15F4N3O2/c22-15-7-13(9-27-10-15)12-2-1-3-14(6-12)21(11-29-20(26)28-21)17-5-4-16(8-18(17)23)30-19(24)25/h1-10,19H,11H2,(H2,26,28). The lowest BCUT2D eigenvalue weighted by Gasteiger charge is -2.26. The number of nitrogens with two attached hydrogens (primary N) is 1. The van der Waals surface area contributed by atoms with Gasteiger partial charge < -0.3 is 15.2 Å². The molecule has 0 amide bonds. The fraction of sp³-hybridized carbons (Fsp3) is 0.143. The van der Waals surface area contributed by atoms with E-state index in [1.807, 2.05) is 0 Å². The van der Waals surface area contributed by atoms with Crippen molar-refractivity contribution in [1.82, 2.24) is 4.98 Å². The Morgan fingerprint density at radius 3 is 2.53 bits per heavy atom. The second-order valence-electron chi connectivity index (χ2n) is 6.59. The minimum atomic E-state index is -3.08. The lowest BCUT2D eigenvalue weighted by Crippen LogP contribution is -2.28. The number of rotatable bonds is 5. The summed E-state index contributed by atoms with van der Waals surface area (Å²) in [5.41, 5.74) is 6.10. The first-order valence-electron chi connectivity index (χ1n) is 8.82. The van der Waals surface area contributed by atoms with Crippen molar-refractivity contribution in [2.45, 2.75) is 12.2 Å². The molecule has 30 heavy (non-hydrogen) atoms. The summed E-state index contributed by atoms with van der Waals surface area (Å²) in [6.45, 7) is -3.18. The molecule has 1 aromatic heterocycles. The van der Waals surface area contributed by atoms with Crippen molar-refractivity contribution in [3.63, 3.8) is 0 Å². The molecule has 4 rings (SSSR count). The Morgan fingerprint density at radius 1 is 1.03 bits per heavy atom. The van der Waals surface area contributed by atoms with Gasteiger partial charge in [0.15, 0.2) is 5.54 Å². The van der Waals surface area contributed by atoms with Crippen LogP contribution >= 0.6 is 0 Å². The number of halogens is 4. The highest BCUT2D eigenvalue weighted by molar-refractivity contribution is 5.76. The van der Waals surface area contributed by atoms with Gasteiger partial charge in [-0.3, -0.25) is 4.98 Å². The van der Waals surface area contributed by atoms with E-state index in [1.165, 1.54) is 24.4 Å². The third-order valence-corrected chi connectivity index (χ3v) is 4.72. The number of nitrogens with zero attached hydrogens (tertiary/aromatic N) is 2. The van der Waals surface area contributed by atoms with E-state index in [4.69, 9.17) is 10.5 Å². The predicted octanol–water partition coefficient (Wildman–Crippen LogP) is 4.22. The summed E-state index contributed by atoms with van der Waals surface area (Å²) in [7, 11) is 0. The van der Waals surface area contributed by atoms with Crippen LogP contribution in [0.25, 0.3) is 11.1 Å². The zero-order chi connectivity index (χ0) is 21.3. The summed E-state index contributed by atoms with van der Waals surface area (Å²) < 4.78 is 63.0. The topological polar surface area (TPSA) is 69.7 Å². The van der Waals surface area contributed by atoms with E-state index in [9.17, 15) is 17.6 Å². The van der Waals surface area contributed by atoms with Gasteiger partial charge in [-0.15, -0.1) is 0 Å². The molecule has 5 nitrogen and oxygen atoms in total. The van der Waals surface area contributed by atoms with Crippen LogP contribution in [0.3, 0.4) is 0 Å². The van der Waals surface area contributed by atoms with Gasteiger partial charge >= 0.3 is 6.61 Å². The van der Waals surface area contributed by atoms with E-state index >= 15 is 0 Å². The second-order valence-corrected chi connectivity index (χ2v) is 6.59.